The van der Waals surface area contributed by atoms with Crippen molar-refractivity contribution < 1.29 is 0 Å². The highest BCUT2D eigenvalue weighted by molar-refractivity contribution is 6.10. The number of aromatic nitrogens is 4. The highest BCUT2D eigenvalue weighted by Crippen LogP contribution is 2.47. The molecule has 1 N–H and O–H groups in total. The molecule has 206 valence electrons. The second-order valence-corrected chi connectivity index (χ2v) is 11.0. The zero-order chi connectivity index (χ0) is 28.6. The number of pyridine rings is 1. The predicted molar refractivity (Wildman–Crippen MR) is 175 cm³/mol. The van der Waals surface area contributed by atoms with E-state index in [0.29, 0.717) is 0 Å². The summed E-state index contributed by atoms with van der Waals surface area (Å²) < 4.78 is 2.39. The summed E-state index contributed by atoms with van der Waals surface area (Å²) in [5.41, 5.74) is 8.55. The van der Waals surface area contributed by atoms with E-state index in [4.69, 9.17) is 4.98 Å². The molecule has 0 amide bonds. The summed E-state index contributed by atoms with van der Waals surface area (Å²) in [5, 5.41) is 2.44. The van der Waals surface area contributed by atoms with Gasteiger partial charge in [-0.1, -0.05) is 97.1 Å². The molecule has 1 aliphatic rings. The number of imidazole rings is 1. The number of fused-ring (bicyclic) bond motifs is 3. The van der Waals surface area contributed by atoms with Gasteiger partial charge >= 0.3 is 0 Å². The maximum Gasteiger partial charge on any atom is 0.137 e. The lowest BCUT2D eigenvalue weighted by molar-refractivity contribution is 0.701. The molecule has 4 aromatic carbocycles. The fourth-order valence-electron chi connectivity index (χ4n) is 6.81. The second kappa shape index (κ2) is 10.4. The van der Waals surface area contributed by atoms with Crippen LogP contribution in [0.1, 0.15) is 29.7 Å². The van der Waals surface area contributed by atoms with Crippen molar-refractivity contribution in [1.82, 2.24) is 19.5 Å². The van der Waals surface area contributed by atoms with Crippen LogP contribution in [0.5, 0.6) is 0 Å². The van der Waals surface area contributed by atoms with Crippen LogP contribution in [0, 0.1) is 0 Å². The van der Waals surface area contributed by atoms with Crippen molar-refractivity contribution in [1.29, 1.82) is 0 Å². The third-order valence-electron chi connectivity index (χ3n) is 8.67. The van der Waals surface area contributed by atoms with Gasteiger partial charge in [-0.05, 0) is 65.9 Å². The van der Waals surface area contributed by atoms with Crippen LogP contribution in [0.4, 0.5) is 0 Å². The second-order valence-electron chi connectivity index (χ2n) is 11.0. The van der Waals surface area contributed by atoms with Crippen molar-refractivity contribution in [3.8, 4) is 17.1 Å². The van der Waals surface area contributed by atoms with E-state index < -0.39 is 5.41 Å². The summed E-state index contributed by atoms with van der Waals surface area (Å²) in [4.78, 5) is 12.8. The first-order chi connectivity index (χ1) is 21.3. The minimum absolute atomic E-state index is 0.576. The Hall–Kier alpha value is -5.48. The Labute approximate surface area is 250 Å². The molecule has 0 spiro atoms. The average Bonchev–Trinajstić information content (AvgIpc) is 3.74. The standard InChI is InChI=1S/C39H30N4/c1-3-12-29(13-4-1)39(30-14-5-2-6-15-30,37-20-9-10-23-40-37)31-16-11-17-32(27-31)43-35-19-8-7-18-33(35)34-22-21-28(26-36(34)43)38-41-24-25-42-38/h1,3-5,7-27H,2,6H2,(H,41,42)/t39-/m0/s1. The van der Waals surface area contributed by atoms with Crippen molar-refractivity contribution in [2.24, 2.45) is 0 Å². The largest absolute Gasteiger partial charge is 0.345 e. The van der Waals surface area contributed by atoms with Crippen LogP contribution in [-0.4, -0.2) is 19.5 Å². The molecule has 8 rings (SSSR count). The van der Waals surface area contributed by atoms with E-state index in [2.05, 4.69) is 142 Å². The lowest BCUT2D eigenvalue weighted by Crippen LogP contribution is -2.33. The number of nitrogens with one attached hydrogen (secondary N) is 1. The summed E-state index contributed by atoms with van der Waals surface area (Å²) in [6.07, 6.45) is 14.6. The van der Waals surface area contributed by atoms with Crippen molar-refractivity contribution in [2.75, 3.05) is 0 Å². The van der Waals surface area contributed by atoms with Crippen molar-refractivity contribution in [3.63, 3.8) is 0 Å². The Balaban J connectivity index is 1.43. The highest BCUT2D eigenvalue weighted by Gasteiger charge is 2.41. The zero-order valence-corrected chi connectivity index (χ0v) is 23.7. The van der Waals surface area contributed by atoms with E-state index in [1.165, 1.54) is 33.0 Å². The number of aromatic amines is 1. The van der Waals surface area contributed by atoms with Gasteiger partial charge in [0.25, 0.3) is 0 Å². The first-order valence-electron chi connectivity index (χ1n) is 14.8. The van der Waals surface area contributed by atoms with Gasteiger partial charge in [-0.3, -0.25) is 4.98 Å². The molecular weight excluding hydrogens is 524 g/mol. The Morgan fingerprint density at radius 3 is 2.30 bits per heavy atom. The number of para-hydroxylation sites is 1. The number of hydrogen-bond acceptors (Lipinski definition) is 2. The van der Waals surface area contributed by atoms with Gasteiger partial charge in [0.1, 0.15) is 5.82 Å². The minimum atomic E-state index is -0.576. The molecule has 4 heteroatoms. The number of allylic oxidation sites excluding steroid dienone is 4. The summed E-state index contributed by atoms with van der Waals surface area (Å²) in [7, 11) is 0. The maximum atomic E-state index is 5.02. The summed E-state index contributed by atoms with van der Waals surface area (Å²) in [6.45, 7) is 0. The van der Waals surface area contributed by atoms with Crippen LogP contribution in [0.3, 0.4) is 0 Å². The molecule has 0 aliphatic heterocycles. The summed E-state index contributed by atoms with van der Waals surface area (Å²) in [5.74, 6) is 0.863. The molecule has 1 aliphatic carbocycles. The molecule has 0 saturated carbocycles. The lowest BCUT2D eigenvalue weighted by Gasteiger charge is -2.37. The van der Waals surface area contributed by atoms with E-state index in [1.807, 2.05) is 18.5 Å². The molecule has 0 saturated heterocycles. The Morgan fingerprint density at radius 2 is 1.49 bits per heavy atom. The number of hydrogen-bond donors (Lipinski definition) is 1. The van der Waals surface area contributed by atoms with Gasteiger partial charge in [0.15, 0.2) is 0 Å². The normalized spacial score (nSPS) is 14.6. The Bertz CT molecular complexity index is 2080. The van der Waals surface area contributed by atoms with Crippen molar-refractivity contribution >= 4 is 21.8 Å². The minimum Gasteiger partial charge on any atom is -0.345 e. The van der Waals surface area contributed by atoms with Crippen LogP contribution in [-0.2, 0) is 5.41 Å². The van der Waals surface area contributed by atoms with E-state index >= 15 is 0 Å². The number of benzene rings is 4. The zero-order valence-electron chi connectivity index (χ0n) is 23.7. The summed E-state index contributed by atoms with van der Waals surface area (Å²) in [6, 6.07) is 41.4. The van der Waals surface area contributed by atoms with E-state index in [0.717, 1.165) is 41.1 Å². The quantitative estimate of drug-likeness (QED) is 0.223. The molecule has 0 bridgehead atoms. The van der Waals surface area contributed by atoms with E-state index in [-0.39, 0.29) is 0 Å². The fraction of sp³-hybridized carbons (Fsp3) is 0.0769. The van der Waals surface area contributed by atoms with Crippen LogP contribution in [0.25, 0.3) is 38.9 Å². The fourth-order valence-corrected chi connectivity index (χ4v) is 6.81. The van der Waals surface area contributed by atoms with Gasteiger partial charge in [-0.15, -0.1) is 0 Å². The van der Waals surface area contributed by atoms with Crippen molar-refractivity contribution in [2.45, 2.75) is 18.3 Å². The molecule has 3 aromatic heterocycles. The summed E-state index contributed by atoms with van der Waals surface area (Å²) >= 11 is 0. The van der Waals surface area contributed by atoms with Crippen LogP contribution in [0.2, 0.25) is 0 Å². The third-order valence-corrected chi connectivity index (χ3v) is 8.67. The molecule has 1 atom stereocenters. The Morgan fingerprint density at radius 1 is 0.651 bits per heavy atom. The molecule has 0 fully saturated rings. The number of rotatable bonds is 6. The molecular formula is C39H30N4. The van der Waals surface area contributed by atoms with Crippen LogP contribution in [0.15, 0.2) is 158 Å². The van der Waals surface area contributed by atoms with Crippen molar-refractivity contribution in [3.05, 3.63) is 174 Å². The monoisotopic (exact) mass is 554 g/mol. The highest BCUT2D eigenvalue weighted by atomic mass is 15.0. The molecule has 4 nitrogen and oxygen atoms in total. The molecule has 43 heavy (non-hydrogen) atoms. The molecule has 3 heterocycles. The van der Waals surface area contributed by atoms with Gasteiger partial charge < -0.3 is 9.55 Å². The van der Waals surface area contributed by atoms with Gasteiger partial charge in [0.05, 0.1) is 22.1 Å². The smallest absolute Gasteiger partial charge is 0.137 e. The first-order valence-corrected chi connectivity index (χ1v) is 14.8. The molecule has 0 radical (unpaired) electrons. The Kier molecular flexibility index (Phi) is 6.11. The molecule has 0 unspecified atom stereocenters. The number of H-pyrrole nitrogens is 1. The van der Waals surface area contributed by atoms with E-state index in [1.54, 1.807) is 6.20 Å². The van der Waals surface area contributed by atoms with Gasteiger partial charge in [-0.2, -0.15) is 0 Å². The third kappa shape index (κ3) is 4.06. The van der Waals surface area contributed by atoms with E-state index in [9.17, 15) is 0 Å². The average molecular weight is 555 g/mol. The van der Waals surface area contributed by atoms with Gasteiger partial charge in [-0.25, -0.2) is 4.98 Å². The van der Waals surface area contributed by atoms with Crippen LogP contribution >= 0.6 is 0 Å². The topological polar surface area (TPSA) is 46.5 Å². The maximum absolute atomic E-state index is 5.02. The SMILES string of the molecule is C1=CC([C@@](c2ccccc2)(c2cccc(-n3c4ccccc4c4ccc(-c5ncc[nH]5)cc43)c2)c2ccccn2)=CCC1. The number of nitrogens with zero attached hydrogens (tertiary/aromatic N) is 3. The first kappa shape index (κ1) is 25.2. The predicted octanol–water partition coefficient (Wildman–Crippen LogP) is 9.18. The van der Waals surface area contributed by atoms with Crippen LogP contribution < -0.4 is 0 Å². The van der Waals surface area contributed by atoms with Gasteiger partial charge in [0, 0.05) is 40.6 Å². The van der Waals surface area contributed by atoms with Gasteiger partial charge in [0.2, 0.25) is 0 Å². The molecule has 7 aromatic rings. The lowest BCUT2D eigenvalue weighted by atomic mass is 9.65.